The van der Waals surface area contributed by atoms with Crippen LogP contribution >= 0.6 is 0 Å². The Morgan fingerprint density at radius 2 is 1.81 bits per heavy atom. The van der Waals surface area contributed by atoms with Gasteiger partial charge in [0, 0.05) is 25.0 Å². The number of aromatic nitrogens is 2. The predicted octanol–water partition coefficient (Wildman–Crippen LogP) is 2.29. The summed E-state index contributed by atoms with van der Waals surface area (Å²) in [5.74, 6) is 2.92. The molecule has 1 radical (unpaired) electrons. The van der Waals surface area contributed by atoms with E-state index in [1.165, 1.54) is 18.5 Å². The molecule has 0 atom stereocenters. The number of hydrogen-bond donors (Lipinski definition) is 0. The van der Waals surface area contributed by atoms with E-state index in [9.17, 15) is 0 Å². The van der Waals surface area contributed by atoms with Gasteiger partial charge in [-0.1, -0.05) is 12.1 Å². The summed E-state index contributed by atoms with van der Waals surface area (Å²) in [4.78, 5) is 13.6. The van der Waals surface area contributed by atoms with Crippen LogP contribution in [0.1, 0.15) is 18.5 Å². The lowest BCUT2D eigenvalue weighted by Gasteiger charge is -2.18. The molecule has 105 valence electrons. The molecule has 4 nitrogen and oxygen atoms in total. The fourth-order valence-electron chi connectivity index (χ4n) is 2.73. The van der Waals surface area contributed by atoms with Crippen molar-refractivity contribution in [3.8, 4) is 0 Å². The van der Waals surface area contributed by atoms with Gasteiger partial charge in [0.25, 0.3) is 0 Å². The highest BCUT2D eigenvalue weighted by Gasteiger charge is 2.26. The molecule has 0 N–H and O–H groups in total. The zero-order chi connectivity index (χ0) is 14.1. The van der Waals surface area contributed by atoms with Gasteiger partial charge in [-0.2, -0.15) is 0 Å². The Bertz CT molecular complexity index is 615. The Balaban J connectivity index is 1.47. The van der Waals surface area contributed by atoms with E-state index in [1.54, 1.807) is 0 Å². The standard InChI is InChI=1S/C16H18BN4/c1-2-9-18-15(5-1)20-10-11-21(17-20)16-6-3-4-14(19-16)12-13-7-8-13/h1-6,9,13H,7-8,10-12H2. The molecule has 2 aliphatic rings. The van der Waals surface area contributed by atoms with Gasteiger partial charge in [0.15, 0.2) is 0 Å². The first-order valence-electron chi connectivity index (χ1n) is 7.64. The fourth-order valence-corrected chi connectivity index (χ4v) is 2.73. The Kier molecular flexibility index (Phi) is 3.26. The van der Waals surface area contributed by atoms with Crippen LogP contribution in [0, 0.1) is 5.92 Å². The third-order valence-corrected chi connectivity index (χ3v) is 4.09. The lowest BCUT2D eigenvalue weighted by atomic mass is 10.1. The van der Waals surface area contributed by atoms with Gasteiger partial charge in [-0.15, -0.1) is 0 Å². The van der Waals surface area contributed by atoms with Gasteiger partial charge < -0.3 is 9.62 Å². The molecular formula is C16H18BN4. The summed E-state index contributed by atoms with van der Waals surface area (Å²) in [7, 11) is 2.12. The van der Waals surface area contributed by atoms with E-state index in [-0.39, 0.29) is 0 Å². The van der Waals surface area contributed by atoms with E-state index in [4.69, 9.17) is 4.98 Å². The molecule has 2 aromatic heterocycles. The molecule has 1 aliphatic carbocycles. The minimum atomic E-state index is 0.875. The van der Waals surface area contributed by atoms with Gasteiger partial charge in [0.1, 0.15) is 11.6 Å². The van der Waals surface area contributed by atoms with Gasteiger partial charge in [-0.05, 0) is 49.4 Å². The summed E-state index contributed by atoms with van der Waals surface area (Å²) in [5.41, 5.74) is 1.22. The lowest BCUT2D eigenvalue weighted by Crippen LogP contribution is -2.30. The molecular weight excluding hydrogens is 259 g/mol. The highest BCUT2D eigenvalue weighted by Crippen LogP contribution is 2.32. The molecule has 0 amide bonds. The van der Waals surface area contributed by atoms with E-state index in [1.807, 2.05) is 24.4 Å². The Labute approximate surface area is 126 Å². The summed E-state index contributed by atoms with van der Waals surface area (Å²) in [6, 6.07) is 12.4. The number of nitrogens with zero attached hydrogens (tertiary/aromatic N) is 4. The summed E-state index contributed by atoms with van der Waals surface area (Å²) in [6.45, 7) is 1.90. The summed E-state index contributed by atoms with van der Waals surface area (Å²) in [5, 5.41) is 0. The topological polar surface area (TPSA) is 32.3 Å². The predicted molar refractivity (Wildman–Crippen MR) is 85.3 cm³/mol. The van der Waals surface area contributed by atoms with Crippen LogP contribution < -0.4 is 9.62 Å². The smallest absolute Gasteiger partial charge is 0.382 e. The maximum Gasteiger partial charge on any atom is 0.394 e. The second kappa shape index (κ2) is 5.39. The molecule has 2 fully saturated rings. The number of pyridine rings is 2. The van der Waals surface area contributed by atoms with E-state index >= 15 is 0 Å². The number of anilines is 2. The van der Waals surface area contributed by atoms with Crippen molar-refractivity contribution in [1.82, 2.24) is 9.97 Å². The highest BCUT2D eigenvalue weighted by atomic mass is 15.3. The van der Waals surface area contributed by atoms with Crippen molar-refractivity contribution in [3.63, 3.8) is 0 Å². The van der Waals surface area contributed by atoms with Crippen LogP contribution in [-0.4, -0.2) is 30.6 Å². The van der Waals surface area contributed by atoms with Crippen LogP contribution in [0.25, 0.3) is 0 Å². The Morgan fingerprint density at radius 3 is 2.57 bits per heavy atom. The number of rotatable bonds is 4. The SMILES string of the molecule is [B]1N(c2ccccn2)CCN1c1cccc(CC2CC2)n1. The van der Waals surface area contributed by atoms with Crippen LogP contribution in [0.4, 0.5) is 11.6 Å². The minimum Gasteiger partial charge on any atom is -0.382 e. The average molecular weight is 277 g/mol. The van der Waals surface area contributed by atoms with Crippen LogP contribution in [-0.2, 0) is 6.42 Å². The van der Waals surface area contributed by atoms with Crippen molar-refractivity contribution in [2.45, 2.75) is 19.3 Å². The van der Waals surface area contributed by atoms with Gasteiger partial charge >= 0.3 is 7.55 Å². The summed E-state index contributed by atoms with van der Waals surface area (Å²) in [6.07, 6.45) is 5.70. The average Bonchev–Trinajstić information content (AvgIpc) is 3.20. The van der Waals surface area contributed by atoms with Crippen LogP contribution in [0.2, 0.25) is 0 Å². The van der Waals surface area contributed by atoms with Crippen LogP contribution in [0.3, 0.4) is 0 Å². The summed E-state index contributed by atoms with van der Waals surface area (Å²) >= 11 is 0. The summed E-state index contributed by atoms with van der Waals surface area (Å²) < 4.78 is 0. The quantitative estimate of drug-likeness (QED) is 0.803. The van der Waals surface area contributed by atoms with Crippen molar-refractivity contribution < 1.29 is 0 Å². The first kappa shape index (κ1) is 12.7. The van der Waals surface area contributed by atoms with Crippen molar-refractivity contribution >= 4 is 19.2 Å². The maximum atomic E-state index is 4.81. The van der Waals surface area contributed by atoms with E-state index in [0.29, 0.717) is 0 Å². The van der Waals surface area contributed by atoms with Crippen molar-refractivity contribution in [2.24, 2.45) is 5.92 Å². The maximum absolute atomic E-state index is 4.81. The first-order valence-corrected chi connectivity index (χ1v) is 7.64. The molecule has 5 heteroatoms. The third-order valence-electron chi connectivity index (χ3n) is 4.09. The van der Waals surface area contributed by atoms with Crippen molar-refractivity contribution in [1.29, 1.82) is 0 Å². The normalized spacial score (nSPS) is 17.9. The Hall–Kier alpha value is -2.04. The van der Waals surface area contributed by atoms with Crippen LogP contribution in [0.15, 0.2) is 42.6 Å². The Morgan fingerprint density at radius 1 is 1.00 bits per heavy atom. The number of hydrogen-bond acceptors (Lipinski definition) is 4. The monoisotopic (exact) mass is 277 g/mol. The highest BCUT2D eigenvalue weighted by molar-refractivity contribution is 6.47. The molecule has 1 saturated carbocycles. The van der Waals surface area contributed by atoms with Gasteiger partial charge in [0.05, 0.1) is 0 Å². The molecule has 0 spiro atoms. The molecule has 4 rings (SSSR count). The molecule has 1 saturated heterocycles. The van der Waals surface area contributed by atoms with Crippen molar-refractivity contribution in [3.05, 3.63) is 48.3 Å². The molecule has 0 bridgehead atoms. The molecule has 21 heavy (non-hydrogen) atoms. The van der Waals surface area contributed by atoms with Crippen LogP contribution in [0.5, 0.6) is 0 Å². The zero-order valence-corrected chi connectivity index (χ0v) is 12.0. The molecule has 0 aromatic carbocycles. The first-order chi connectivity index (χ1) is 10.4. The minimum absolute atomic E-state index is 0.875. The molecule has 3 heterocycles. The zero-order valence-electron chi connectivity index (χ0n) is 12.0. The lowest BCUT2D eigenvalue weighted by molar-refractivity contribution is 0.802. The fraction of sp³-hybridized carbons (Fsp3) is 0.375. The largest absolute Gasteiger partial charge is 0.394 e. The van der Waals surface area contributed by atoms with Crippen molar-refractivity contribution in [2.75, 3.05) is 22.7 Å². The second-order valence-electron chi connectivity index (χ2n) is 5.82. The van der Waals surface area contributed by atoms with E-state index in [0.717, 1.165) is 37.1 Å². The molecule has 0 unspecified atom stereocenters. The molecule has 2 aromatic rings. The molecule has 1 aliphatic heterocycles. The van der Waals surface area contributed by atoms with Gasteiger partial charge in [0.2, 0.25) is 0 Å². The van der Waals surface area contributed by atoms with E-state index in [2.05, 4.69) is 40.4 Å². The third kappa shape index (κ3) is 2.87. The van der Waals surface area contributed by atoms with Gasteiger partial charge in [-0.3, -0.25) is 0 Å². The second-order valence-corrected chi connectivity index (χ2v) is 5.82. The van der Waals surface area contributed by atoms with E-state index < -0.39 is 0 Å². The van der Waals surface area contributed by atoms with Gasteiger partial charge in [-0.25, -0.2) is 9.97 Å².